The molecule has 3 atom stereocenters. The summed E-state index contributed by atoms with van der Waals surface area (Å²) in [6, 6.07) is -1.52. The van der Waals surface area contributed by atoms with Gasteiger partial charge in [0.2, 0.25) is 24.1 Å². The molecule has 2 aliphatic rings. The van der Waals surface area contributed by atoms with Gasteiger partial charge in [-0.1, -0.05) is 33.1 Å². The predicted molar refractivity (Wildman–Crippen MR) is 101 cm³/mol. The molecule has 8 nitrogen and oxygen atoms in total. The third-order valence-electron chi connectivity index (χ3n) is 5.64. The second kappa shape index (κ2) is 9.71. The Morgan fingerprint density at radius 3 is 2.33 bits per heavy atom. The number of rotatable bonds is 7. The van der Waals surface area contributed by atoms with Gasteiger partial charge in [0.05, 0.1) is 0 Å². The summed E-state index contributed by atoms with van der Waals surface area (Å²) in [5, 5.41) is 8.21. The highest BCUT2D eigenvalue weighted by atomic mass is 16.2. The third kappa shape index (κ3) is 5.20. The fourth-order valence-corrected chi connectivity index (χ4v) is 4.10. The normalized spacial score (nSPS) is 24.4. The number of hydrogen-bond donors (Lipinski definition) is 3. The molecule has 1 heterocycles. The molecule has 0 bridgehead atoms. The summed E-state index contributed by atoms with van der Waals surface area (Å²) in [5.74, 6) is -0.659. The highest BCUT2D eigenvalue weighted by molar-refractivity contribution is 5.91. The first-order chi connectivity index (χ1) is 12.9. The number of nitrogens with zero attached hydrogens (tertiary/aromatic N) is 1. The van der Waals surface area contributed by atoms with Gasteiger partial charge in [0.1, 0.15) is 12.1 Å². The van der Waals surface area contributed by atoms with Crippen molar-refractivity contribution in [2.24, 2.45) is 11.8 Å². The summed E-state index contributed by atoms with van der Waals surface area (Å²) >= 11 is 0. The Morgan fingerprint density at radius 1 is 1.11 bits per heavy atom. The Morgan fingerprint density at radius 2 is 1.78 bits per heavy atom. The van der Waals surface area contributed by atoms with Gasteiger partial charge >= 0.3 is 0 Å². The lowest BCUT2D eigenvalue weighted by Crippen LogP contribution is -2.54. The van der Waals surface area contributed by atoms with Crippen molar-refractivity contribution >= 4 is 24.1 Å². The van der Waals surface area contributed by atoms with E-state index in [1.54, 1.807) is 13.8 Å². The van der Waals surface area contributed by atoms with Crippen LogP contribution in [0.25, 0.3) is 0 Å². The van der Waals surface area contributed by atoms with Crippen LogP contribution < -0.4 is 16.0 Å². The predicted octanol–water partition coefficient (Wildman–Crippen LogP) is 0.169. The minimum absolute atomic E-state index is 0.0890. The summed E-state index contributed by atoms with van der Waals surface area (Å²) in [7, 11) is 1.54. The lowest BCUT2D eigenvalue weighted by molar-refractivity contribution is -0.142. The van der Waals surface area contributed by atoms with Gasteiger partial charge in [-0.15, -0.1) is 0 Å². The molecule has 27 heavy (non-hydrogen) atoms. The highest BCUT2D eigenvalue weighted by Gasteiger charge is 2.43. The van der Waals surface area contributed by atoms with Crippen molar-refractivity contribution in [3.8, 4) is 0 Å². The van der Waals surface area contributed by atoms with E-state index in [1.165, 1.54) is 11.9 Å². The van der Waals surface area contributed by atoms with E-state index in [2.05, 4.69) is 16.0 Å². The SMILES string of the molecule is CNC(=O)C1CC(NC(=O)C(C)C)CN1C(=O)C(NC=O)C1CCCCC1. The lowest BCUT2D eigenvalue weighted by Gasteiger charge is -2.33. The zero-order valence-electron chi connectivity index (χ0n) is 16.5. The van der Waals surface area contributed by atoms with Crippen LogP contribution in [0.5, 0.6) is 0 Å². The minimum Gasteiger partial charge on any atom is -0.357 e. The maximum Gasteiger partial charge on any atom is 0.246 e. The number of likely N-dealkylation sites (tertiary alicyclic amines) is 1. The molecule has 3 N–H and O–H groups in total. The second-order valence-electron chi connectivity index (χ2n) is 7.88. The zero-order chi connectivity index (χ0) is 20.0. The van der Waals surface area contributed by atoms with Crippen molar-refractivity contribution in [3.05, 3.63) is 0 Å². The van der Waals surface area contributed by atoms with E-state index in [1.807, 2.05) is 0 Å². The average Bonchev–Trinajstić information content (AvgIpc) is 3.09. The topological polar surface area (TPSA) is 108 Å². The van der Waals surface area contributed by atoms with Crippen LogP contribution in [0.2, 0.25) is 0 Å². The number of amides is 4. The van der Waals surface area contributed by atoms with Crippen molar-refractivity contribution in [1.82, 2.24) is 20.9 Å². The molecular weight excluding hydrogens is 348 g/mol. The third-order valence-corrected chi connectivity index (χ3v) is 5.64. The molecule has 4 amide bonds. The Hall–Kier alpha value is -2.12. The summed E-state index contributed by atoms with van der Waals surface area (Å²) in [5.41, 5.74) is 0. The summed E-state index contributed by atoms with van der Waals surface area (Å²) < 4.78 is 0. The van der Waals surface area contributed by atoms with Gasteiger partial charge in [-0.3, -0.25) is 19.2 Å². The van der Waals surface area contributed by atoms with E-state index in [-0.39, 0.29) is 42.1 Å². The summed E-state index contributed by atoms with van der Waals surface area (Å²) in [6.45, 7) is 3.88. The molecule has 0 aromatic rings. The molecule has 1 aliphatic heterocycles. The molecule has 2 rings (SSSR count). The quantitative estimate of drug-likeness (QED) is 0.547. The van der Waals surface area contributed by atoms with E-state index in [0.29, 0.717) is 12.8 Å². The largest absolute Gasteiger partial charge is 0.357 e. The second-order valence-corrected chi connectivity index (χ2v) is 7.88. The highest BCUT2D eigenvalue weighted by Crippen LogP contribution is 2.29. The Labute approximate surface area is 160 Å². The van der Waals surface area contributed by atoms with Crippen LogP contribution in [-0.4, -0.2) is 60.7 Å². The molecule has 0 radical (unpaired) electrons. The minimum atomic E-state index is -0.639. The number of hydrogen-bond acceptors (Lipinski definition) is 4. The Bertz CT molecular complexity index is 560. The molecule has 1 saturated heterocycles. The first kappa shape index (κ1) is 21.2. The number of nitrogens with one attached hydrogen (secondary N) is 3. The van der Waals surface area contributed by atoms with Gasteiger partial charge in [0, 0.05) is 25.6 Å². The van der Waals surface area contributed by atoms with Crippen LogP contribution in [0.1, 0.15) is 52.4 Å². The van der Waals surface area contributed by atoms with Gasteiger partial charge in [-0.25, -0.2) is 0 Å². The first-order valence-corrected chi connectivity index (χ1v) is 9.91. The van der Waals surface area contributed by atoms with Crippen molar-refractivity contribution < 1.29 is 19.2 Å². The first-order valence-electron chi connectivity index (χ1n) is 9.91. The maximum atomic E-state index is 13.2. The molecule has 1 saturated carbocycles. The van der Waals surface area contributed by atoms with Crippen molar-refractivity contribution in [2.45, 2.75) is 70.5 Å². The van der Waals surface area contributed by atoms with E-state index >= 15 is 0 Å². The van der Waals surface area contributed by atoms with Gasteiger partial charge in [-0.2, -0.15) is 0 Å². The fourth-order valence-electron chi connectivity index (χ4n) is 4.10. The van der Waals surface area contributed by atoms with Gasteiger partial charge in [-0.05, 0) is 25.2 Å². The van der Waals surface area contributed by atoms with Crippen molar-refractivity contribution in [1.29, 1.82) is 0 Å². The molecule has 0 spiro atoms. The molecule has 0 aromatic heterocycles. The van der Waals surface area contributed by atoms with Gasteiger partial charge in [0.15, 0.2) is 0 Å². The maximum absolute atomic E-state index is 13.2. The zero-order valence-corrected chi connectivity index (χ0v) is 16.5. The van der Waals surface area contributed by atoms with E-state index in [4.69, 9.17) is 0 Å². The number of carbonyl (C=O) groups excluding carboxylic acids is 4. The molecule has 152 valence electrons. The van der Waals surface area contributed by atoms with Crippen molar-refractivity contribution in [2.75, 3.05) is 13.6 Å². The van der Waals surface area contributed by atoms with Crippen LogP contribution >= 0.6 is 0 Å². The monoisotopic (exact) mass is 380 g/mol. The Kier molecular flexibility index (Phi) is 7.62. The lowest BCUT2D eigenvalue weighted by atomic mass is 9.83. The standard InChI is InChI=1S/C19H32N4O4/c1-12(2)17(25)22-14-9-15(18(26)20-3)23(10-14)19(27)16(21-11-24)13-7-5-4-6-8-13/h11-16H,4-10H2,1-3H3,(H,20,26)(H,21,24)(H,22,25). The van der Waals surface area contributed by atoms with Crippen LogP contribution in [0, 0.1) is 11.8 Å². The molecule has 8 heteroatoms. The fraction of sp³-hybridized carbons (Fsp3) is 0.789. The summed E-state index contributed by atoms with van der Waals surface area (Å²) in [4.78, 5) is 50.3. The van der Waals surface area contributed by atoms with E-state index in [9.17, 15) is 19.2 Å². The van der Waals surface area contributed by atoms with Crippen LogP contribution in [0.15, 0.2) is 0 Å². The van der Waals surface area contributed by atoms with E-state index < -0.39 is 12.1 Å². The molecule has 2 fully saturated rings. The van der Waals surface area contributed by atoms with Crippen LogP contribution in [0.4, 0.5) is 0 Å². The van der Waals surface area contributed by atoms with Crippen LogP contribution in [-0.2, 0) is 19.2 Å². The summed E-state index contributed by atoms with van der Waals surface area (Å²) in [6.07, 6.45) is 5.96. The average molecular weight is 380 g/mol. The van der Waals surface area contributed by atoms with E-state index in [0.717, 1.165) is 32.1 Å². The molecule has 0 aromatic carbocycles. The molecular formula is C19H32N4O4. The molecule has 1 aliphatic carbocycles. The van der Waals surface area contributed by atoms with Crippen molar-refractivity contribution in [3.63, 3.8) is 0 Å². The molecule has 3 unspecified atom stereocenters. The van der Waals surface area contributed by atoms with Gasteiger partial charge in [0.25, 0.3) is 0 Å². The Balaban J connectivity index is 2.16. The van der Waals surface area contributed by atoms with Gasteiger partial charge < -0.3 is 20.9 Å². The smallest absolute Gasteiger partial charge is 0.246 e. The van der Waals surface area contributed by atoms with Crippen LogP contribution in [0.3, 0.4) is 0 Å². The number of carbonyl (C=O) groups is 4. The number of likely N-dealkylation sites (N-methyl/N-ethyl adjacent to an activating group) is 1.